The molecule has 0 saturated carbocycles. The maximum Gasteiger partial charge on any atom is 0.231 e. The third-order valence-corrected chi connectivity index (χ3v) is 6.92. The Morgan fingerprint density at radius 3 is 2.52 bits per heavy atom. The molecule has 2 saturated heterocycles. The summed E-state index contributed by atoms with van der Waals surface area (Å²) in [5, 5.41) is 0. The summed E-state index contributed by atoms with van der Waals surface area (Å²) in [4.78, 5) is 19.3. The van der Waals surface area contributed by atoms with Crippen LogP contribution in [0.25, 0.3) is 0 Å². The lowest BCUT2D eigenvalue weighted by atomic mass is 10.1. The first-order chi connectivity index (χ1) is 16.0. The molecule has 33 heavy (non-hydrogen) atoms. The number of carbonyl (C=O) groups excluding carboxylic acids is 1. The molecule has 0 aromatic heterocycles. The van der Waals surface area contributed by atoms with E-state index in [2.05, 4.69) is 21.9 Å². The van der Waals surface area contributed by atoms with Crippen molar-refractivity contribution in [3.63, 3.8) is 0 Å². The Hall–Kier alpha value is -2.71. The van der Waals surface area contributed by atoms with Crippen LogP contribution in [-0.2, 0) is 17.9 Å². The first kappa shape index (κ1) is 22.1. The predicted molar refractivity (Wildman–Crippen MR) is 119 cm³/mol. The molecule has 3 aliphatic rings. The van der Waals surface area contributed by atoms with Gasteiger partial charge in [0.2, 0.25) is 12.7 Å². The van der Waals surface area contributed by atoms with Gasteiger partial charge in [-0.05, 0) is 36.6 Å². The van der Waals surface area contributed by atoms with Crippen molar-refractivity contribution >= 4 is 5.91 Å². The fourth-order valence-corrected chi connectivity index (χ4v) is 4.99. The van der Waals surface area contributed by atoms with Crippen molar-refractivity contribution < 1.29 is 23.0 Å². The molecule has 2 fully saturated rings. The zero-order chi connectivity index (χ0) is 22.8. The number of ether oxygens (including phenoxy) is 2. The molecule has 176 valence electrons. The number of fused-ring (bicyclic) bond motifs is 1. The standard InChI is InChI=1S/C25H29F2N3O3/c26-20-3-2-19(22(27)14-20)16-30-8-7-21(4-6-25(30)31)29-11-9-28(10-12-29)15-18-1-5-23-24(13-18)33-17-32-23/h1-3,5,13-14,21H,4,6-12,15-17H2/t21-/m1/s1. The van der Waals surface area contributed by atoms with Crippen LogP contribution in [0.3, 0.4) is 0 Å². The van der Waals surface area contributed by atoms with Crippen molar-refractivity contribution in [3.8, 4) is 11.5 Å². The van der Waals surface area contributed by atoms with E-state index in [4.69, 9.17) is 9.47 Å². The van der Waals surface area contributed by atoms with Crippen LogP contribution in [0.1, 0.15) is 30.4 Å². The zero-order valence-corrected chi connectivity index (χ0v) is 18.6. The number of likely N-dealkylation sites (tertiary alicyclic amines) is 1. The fourth-order valence-electron chi connectivity index (χ4n) is 4.99. The van der Waals surface area contributed by atoms with Gasteiger partial charge in [0.25, 0.3) is 0 Å². The largest absolute Gasteiger partial charge is 0.454 e. The minimum atomic E-state index is -0.601. The van der Waals surface area contributed by atoms with E-state index in [9.17, 15) is 13.6 Å². The van der Waals surface area contributed by atoms with Crippen LogP contribution in [0, 0.1) is 11.6 Å². The molecular formula is C25H29F2N3O3. The van der Waals surface area contributed by atoms with E-state index in [0.29, 0.717) is 24.6 Å². The fraction of sp³-hybridized carbons (Fsp3) is 0.480. The third kappa shape index (κ3) is 5.12. The second-order valence-corrected chi connectivity index (χ2v) is 9.03. The second kappa shape index (κ2) is 9.65. The molecule has 0 radical (unpaired) electrons. The van der Waals surface area contributed by atoms with Crippen LogP contribution in [-0.4, -0.2) is 66.2 Å². The van der Waals surface area contributed by atoms with Crippen LogP contribution in [0.4, 0.5) is 8.78 Å². The molecule has 2 aromatic rings. The highest BCUT2D eigenvalue weighted by atomic mass is 19.1. The van der Waals surface area contributed by atoms with Crippen LogP contribution in [0.2, 0.25) is 0 Å². The normalized spacial score (nSPS) is 21.9. The molecule has 0 bridgehead atoms. The molecule has 1 atom stereocenters. The van der Waals surface area contributed by atoms with Gasteiger partial charge in [0, 0.05) is 69.9 Å². The van der Waals surface area contributed by atoms with Gasteiger partial charge in [0.15, 0.2) is 11.5 Å². The van der Waals surface area contributed by atoms with E-state index in [-0.39, 0.29) is 19.2 Å². The summed E-state index contributed by atoms with van der Waals surface area (Å²) < 4.78 is 38.1. The summed E-state index contributed by atoms with van der Waals surface area (Å²) in [6.45, 7) is 5.85. The number of hydrogen-bond donors (Lipinski definition) is 0. The molecule has 0 N–H and O–H groups in total. The third-order valence-electron chi connectivity index (χ3n) is 6.92. The van der Waals surface area contributed by atoms with Gasteiger partial charge in [0.05, 0.1) is 0 Å². The molecule has 3 heterocycles. The van der Waals surface area contributed by atoms with E-state index in [1.807, 2.05) is 6.07 Å². The average Bonchev–Trinajstić information content (AvgIpc) is 3.20. The van der Waals surface area contributed by atoms with Crippen molar-refractivity contribution in [3.05, 3.63) is 59.2 Å². The monoisotopic (exact) mass is 457 g/mol. The number of halogens is 2. The van der Waals surface area contributed by atoms with Gasteiger partial charge in [-0.1, -0.05) is 12.1 Å². The zero-order valence-electron chi connectivity index (χ0n) is 18.6. The van der Waals surface area contributed by atoms with Gasteiger partial charge in [-0.15, -0.1) is 0 Å². The minimum Gasteiger partial charge on any atom is -0.454 e. The summed E-state index contributed by atoms with van der Waals surface area (Å²) in [6, 6.07) is 10.0. The summed E-state index contributed by atoms with van der Waals surface area (Å²) >= 11 is 0. The van der Waals surface area contributed by atoms with Crippen LogP contribution in [0.15, 0.2) is 36.4 Å². The second-order valence-electron chi connectivity index (χ2n) is 9.03. The van der Waals surface area contributed by atoms with Gasteiger partial charge in [-0.3, -0.25) is 14.6 Å². The predicted octanol–water partition coefficient (Wildman–Crippen LogP) is 3.39. The Labute approximate surface area is 192 Å². The quantitative estimate of drug-likeness (QED) is 0.689. The average molecular weight is 458 g/mol. The molecule has 5 rings (SSSR count). The lowest BCUT2D eigenvalue weighted by Crippen LogP contribution is -2.50. The Balaban J connectivity index is 1.12. The SMILES string of the molecule is O=C1CC[C@@H](N2CCN(Cc3ccc4c(c3)OCO4)CC2)CCN1Cc1ccc(F)cc1F. The van der Waals surface area contributed by atoms with Crippen LogP contribution < -0.4 is 9.47 Å². The molecule has 6 nitrogen and oxygen atoms in total. The van der Waals surface area contributed by atoms with Gasteiger partial charge < -0.3 is 14.4 Å². The van der Waals surface area contributed by atoms with E-state index < -0.39 is 11.6 Å². The van der Waals surface area contributed by atoms with E-state index in [0.717, 1.165) is 63.1 Å². The molecule has 0 aliphatic carbocycles. The number of hydrogen-bond acceptors (Lipinski definition) is 5. The van der Waals surface area contributed by atoms with E-state index >= 15 is 0 Å². The molecule has 0 unspecified atom stereocenters. The molecule has 2 aromatic carbocycles. The topological polar surface area (TPSA) is 45.3 Å². The number of amides is 1. The molecule has 0 spiro atoms. The highest BCUT2D eigenvalue weighted by molar-refractivity contribution is 5.76. The minimum absolute atomic E-state index is 0.0441. The molecule has 1 amide bonds. The first-order valence-corrected chi connectivity index (χ1v) is 11.6. The Morgan fingerprint density at radius 2 is 1.70 bits per heavy atom. The number of piperazine rings is 1. The lowest BCUT2D eigenvalue weighted by molar-refractivity contribution is -0.131. The highest BCUT2D eigenvalue weighted by Crippen LogP contribution is 2.33. The van der Waals surface area contributed by atoms with Gasteiger partial charge >= 0.3 is 0 Å². The van der Waals surface area contributed by atoms with Crippen molar-refractivity contribution in [2.75, 3.05) is 39.5 Å². The van der Waals surface area contributed by atoms with E-state index in [1.165, 1.54) is 17.7 Å². The summed E-state index contributed by atoms with van der Waals surface area (Å²) in [7, 11) is 0. The van der Waals surface area contributed by atoms with Crippen LogP contribution >= 0.6 is 0 Å². The first-order valence-electron chi connectivity index (χ1n) is 11.6. The lowest BCUT2D eigenvalue weighted by Gasteiger charge is -2.39. The van der Waals surface area contributed by atoms with Crippen molar-refractivity contribution in [1.29, 1.82) is 0 Å². The smallest absolute Gasteiger partial charge is 0.231 e. The maximum atomic E-state index is 14.1. The van der Waals surface area contributed by atoms with Crippen molar-refractivity contribution in [2.45, 2.75) is 38.4 Å². The molecule has 3 aliphatic heterocycles. The van der Waals surface area contributed by atoms with Crippen molar-refractivity contribution in [2.24, 2.45) is 0 Å². The Bertz CT molecular complexity index is 1010. The number of rotatable bonds is 5. The summed E-state index contributed by atoms with van der Waals surface area (Å²) in [5.41, 5.74) is 1.58. The van der Waals surface area contributed by atoms with Crippen molar-refractivity contribution in [1.82, 2.24) is 14.7 Å². The van der Waals surface area contributed by atoms with Gasteiger partial charge in [-0.2, -0.15) is 0 Å². The van der Waals surface area contributed by atoms with E-state index in [1.54, 1.807) is 4.90 Å². The molecule has 8 heteroatoms. The number of carbonyl (C=O) groups is 1. The maximum absolute atomic E-state index is 14.1. The van der Waals surface area contributed by atoms with Gasteiger partial charge in [-0.25, -0.2) is 8.78 Å². The van der Waals surface area contributed by atoms with Crippen LogP contribution in [0.5, 0.6) is 11.5 Å². The number of benzene rings is 2. The van der Waals surface area contributed by atoms with Gasteiger partial charge in [0.1, 0.15) is 11.6 Å². The Kier molecular flexibility index (Phi) is 6.46. The summed E-state index contributed by atoms with van der Waals surface area (Å²) in [6.07, 6.45) is 2.16. The summed E-state index contributed by atoms with van der Waals surface area (Å²) in [5.74, 6) is 0.475. The Morgan fingerprint density at radius 1 is 0.879 bits per heavy atom. The highest BCUT2D eigenvalue weighted by Gasteiger charge is 2.29. The number of nitrogens with zero attached hydrogens (tertiary/aromatic N) is 3. The molecular weight excluding hydrogens is 428 g/mol.